The van der Waals surface area contributed by atoms with Crippen LogP contribution in [-0.2, 0) is 0 Å². The van der Waals surface area contributed by atoms with E-state index in [-0.39, 0.29) is 17.8 Å². The summed E-state index contributed by atoms with van der Waals surface area (Å²) < 4.78 is 14.4. The van der Waals surface area contributed by atoms with Crippen molar-refractivity contribution in [3.05, 3.63) is 60.1 Å². The highest BCUT2D eigenvalue weighted by molar-refractivity contribution is 5.81. The number of hydrogen-bond donors (Lipinski definition) is 2. The number of aliphatic hydroxyl groups excluding tert-OH is 1. The molecule has 1 aromatic heterocycles. The molecule has 3 aromatic rings. The van der Waals surface area contributed by atoms with Crippen LogP contribution in [0.15, 0.2) is 48.7 Å². The van der Waals surface area contributed by atoms with Crippen molar-refractivity contribution in [1.82, 2.24) is 9.97 Å². The van der Waals surface area contributed by atoms with E-state index in [0.29, 0.717) is 16.6 Å². The zero-order chi connectivity index (χ0) is 18.5. The van der Waals surface area contributed by atoms with Crippen LogP contribution < -0.4 is 0 Å². The fraction of sp³-hybridized carbons (Fsp3) is 0.238. The Labute approximate surface area is 151 Å². The molecule has 1 atom stereocenters. The van der Waals surface area contributed by atoms with Crippen molar-refractivity contribution in [1.29, 1.82) is 0 Å². The summed E-state index contributed by atoms with van der Waals surface area (Å²) in [5, 5.41) is 18.6. The fourth-order valence-corrected chi connectivity index (χ4v) is 2.76. The Kier molecular flexibility index (Phi) is 5.58. The molecule has 5 heteroatoms. The van der Waals surface area contributed by atoms with Gasteiger partial charge < -0.3 is 10.2 Å². The summed E-state index contributed by atoms with van der Waals surface area (Å²) in [7, 11) is 0. The van der Waals surface area contributed by atoms with Gasteiger partial charge in [0, 0.05) is 5.56 Å². The van der Waals surface area contributed by atoms with Crippen LogP contribution in [0, 0.1) is 5.82 Å². The van der Waals surface area contributed by atoms with Crippen molar-refractivity contribution >= 4 is 17.1 Å². The second-order valence-corrected chi connectivity index (χ2v) is 6.35. The van der Waals surface area contributed by atoms with Gasteiger partial charge in [-0.2, -0.15) is 0 Å². The lowest BCUT2D eigenvalue weighted by molar-refractivity contribution is 0.182. The normalized spacial score (nSPS) is 12.7. The summed E-state index contributed by atoms with van der Waals surface area (Å²) in [5.41, 5.74) is 3.36. The van der Waals surface area contributed by atoms with Gasteiger partial charge in [0.2, 0.25) is 5.88 Å². The van der Waals surface area contributed by atoms with Crippen molar-refractivity contribution in [2.75, 3.05) is 0 Å². The monoisotopic (exact) mass is 352 g/mol. The van der Waals surface area contributed by atoms with Crippen LogP contribution in [0.2, 0.25) is 0 Å². The smallest absolute Gasteiger partial charge is 0.230 e. The molecule has 134 valence electrons. The molecular formula is C21H21FN2O2. The minimum Gasteiger partial charge on any atom is -0.492 e. The van der Waals surface area contributed by atoms with Crippen molar-refractivity contribution in [2.45, 2.75) is 32.3 Å². The molecule has 0 radical (unpaired) electrons. The summed E-state index contributed by atoms with van der Waals surface area (Å²) >= 11 is 0. The quantitative estimate of drug-likeness (QED) is 0.631. The maximum absolute atomic E-state index is 14.4. The first-order valence-electron chi connectivity index (χ1n) is 8.63. The highest BCUT2D eigenvalue weighted by Gasteiger charge is 2.06. The molecular weight excluding hydrogens is 331 g/mol. The van der Waals surface area contributed by atoms with Crippen LogP contribution in [0.1, 0.15) is 31.7 Å². The Hall–Kier alpha value is -2.79. The summed E-state index contributed by atoms with van der Waals surface area (Å²) in [6.45, 7) is 1.77. The van der Waals surface area contributed by atoms with Gasteiger partial charge in [-0.05, 0) is 55.5 Å². The molecule has 1 unspecified atom stereocenters. The highest BCUT2D eigenvalue weighted by Crippen LogP contribution is 2.25. The van der Waals surface area contributed by atoms with Crippen molar-refractivity contribution < 1.29 is 14.6 Å². The Bertz CT molecular complexity index is 938. The van der Waals surface area contributed by atoms with Gasteiger partial charge in [-0.1, -0.05) is 30.4 Å². The van der Waals surface area contributed by atoms with E-state index in [9.17, 15) is 14.6 Å². The predicted octanol–water partition coefficient (Wildman–Crippen LogP) is 4.71. The van der Waals surface area contributed by atoms with Gasteiger partial charge in [0.15, 0.2) is 0 Å². The third kappa shape index (κ3) is 4.43. The van der Waals surface area contributed by atoms with Crippen LogP contribution in [0.25, 0.3) is 28.2 Å². The predicted molar refractivity (Wildman–Crippen MR) is 101 cm³/mol. The van der Waals surface area contributed by atoms with E-state index < -0.39 is 0 Å². The number of aromatic hydroxyl groups is 1. The number of halogens is 1. The molecule has 2 aromatic carbocycles. The van der Waals surface area contributed by atoms with Crippen molar-refractivity contribution in [2.24, 2.45) is 0 Å². The maximum atomic E-state index is 14.4. The fourth-order valence-electron chi connectivity index (χ4n) is 2.76. The zero-order valence-electron chi connectivity index (χ0n) is 14.6. The Morgan fingerprint density at radius 1 is 1.12 bits per heavy atom. The minimum absolute atomic E-state index is 0.124. The summed E-state index contributed by atoms with van der Waals surface area (Å²) in [6, 6.07) is 10.5. The van der Waals surface area contributed by atoms with Crippen LogP contribution in [-0.4, -0.2) is 26.3 Å². The molecule has 0 saturated carbocycles. The van der Waals surface area contributed by atoms with Gasteiger partial charge in [0.25, 0.3) is 0 Å². The molecule has 0 saturated heterocycles. The third-order valence-corrected chi connectivity index (χ3v) is 4.15. The Balaban J connectivity index is 1.76. The first kappa shape index (κ1) is 18.0. The van der Waals surface area contributed by atoms with Gasteiger partial charge in [-0.15, -0.1) is 0 Å². The number of fused-ring (bicyclic) bond motifs is 1. The SMILES string of the molecule is CC(O)CCC/C=C/c1ccc(-c2ccc3nc(O)cnc3c2)cc1F. The molecule has 0 spiro atoms. The number of benzene rings is 2. The van der Waals surface area contributed by atoms with Crippen LogP contribution in [0.5, 0.6) is 5.88 Å². The van der Waals surface area contributed by atoms with Gasteiger partial charge in [-0.3, -0.25) is 0 Å². The number of unbranched alkanes of at least 4 members (excludes halogenated alkanes) is 1. The maximum Gasteiger partial charge on any atom is 0.230 e. The van der Waals surface area contributed by atoms with Crippen molar-refractivity contribution in [3.8, 4) is 17.0 Å². The molecule has 4 nitrogen and oxygen atoms in total. The number of aromatic nitrogens is 2. The molecule has 26 heavy (non-hydrogen) atoms. The summed E-state index contributed by atoms with van der Waals surface area (Å²) in [5.74, 6) is -0.410. The van der Waals surface area contributed by atoms with E-state index in [0.717, 1.165) is 30.4 Å². The summed E-state index contributed by atoms with van der Waals surface area (Å²) in [4.78, 5) is 8.14. The highest BCUT2D eigenvalue weighted by atomic mass is 19.1. The van der Waals surface area contributed by atoms with Gasteiger partial charge in [0.1, 0.15) is 5.82 Å². The van der Waals surface area contributed by atoms with Crippen LogP contribution in [0.3, 0.4) is 0 Å². The van der Waals surface area contributed by atoms with Gasteiger partial charge >= 0.3 is 0 Å². The Morgan fingerprint density at radius 2 is 1.88 bits per heavy atom. The number of rotatable bonds is 6. The molecule has 0 aliphatic heterocycles. The minimum atomic E-state index is -0.296. The second kappa shape index (κ2) is 8.06. The van der Waals surface area contributed by atoms with E-state index in [1.165, 1.54) is 12.3 Å². The number of aliphatic hydroxyl groups is 1. The lowest BCUT2D eigenvalue weighted by Gasteiger charge is -2.06. The number of hydrogen-bond acceptors (Lipinski definition) is 4. The Morgan fingerprint density at radius 3 is 2.65 bits per heavy atom. The summed E-state index contributed by atoms with van der Waals surface area (Å²) in [6.07, 6.45) is 7.13. The first-order chi connectivity index (χ1) is 12.5. The molecule has 0 aliphatic rings. The van der Waals surface area contributed by atoms with E-state index in [4.69, 9.17) is 0 Å². The average molecular weight is 352 g/mol. The number of nitrogens with zero attached hydrogens (tertiary/aromatic N) is 2. The number of allylic oxidation sites excluding steroid dienone is 1. The van der Waals surface area contributed by atoms with E-state index in [1.54, 1.807) is 25.1 Å². The van der Waals surface area contributed by atoms with Crippen molar-refractivity contribution in [3.63, 3.8) is 0 Å². The van der Waals surface area contributed by atoms with E-state index >= 15 is 0 Å². The molecule has 0 aliphatic carbocycles. The topological polar surface area (TPSA) is 66.2 Å². The zero-order valence-corrected chi connectivity index (χ0v) is 14.6. The average Bonchev–Trinajstić information content (AvgIpc) is 2.62. The molecule has 0 amide bonds. The van der Waals surface area contributed by atoms with E-state index in [1.807, 2.05) is 24.3 Å². The second-order valence-electron chi connectivity index (χ2n) is 6.35. The molecule has 0 bridgehead atoms. The van der Waals surface area contributed by atoms with Crippen LogP contribution >= 0.6 is 0 Å². The lowest BCUT2D eigenvalue weighted by atomic mass is 10.0. The standard InChI is InChI=1S/C21H21FN2O2/c1-14(25)5-3-2-4-6-15-7-8-16(11-18(15)22)17-9-10-19-20(12-17)23-13-21(26)24-19/h4,6-14,25H,2-3,5H2,1H3,(H,24,26)/b6-4+. The largest absolute Gasteiger partial charge is 0.492 e. The van der Waals surface area contributed by atoms with Gasteiger partial charge in [0.05, 0.1) is 23.3 Å². The van der Waals surface area contributed by atoms with E-state index in [2.05, 4.69) is 9.97 Å². The van der Waals surface area contributed by atoms with Gasteiger partial charge in [-0.25, -0.2) is 14.4 Å². The van der Waals surface area contributed by atoms with Crippen LogP contribution in [0.4, 0.5) is 4.39 Å². The molecule has 1 heterocycles. The third-order valence-electron chi connectivity index (χ3n) is 4.15. The molecule has 3 rings (SSSR count). The molecule has 0 fully saturated rings. The first-order valence-corrected chi connectivity index (χ1v) is 8.63. The lowest BCUT2D eigenvalue weighted by Crippen LogP contribution is -1.97. The molecule has 2 N–H and O–H groups in total.